The van der Waals surface area contributed by atoms with Crippen LogP contribution in [-0.4, -0.2) is 22.8 Å². The monoisotopic (exact) mass is 323 g/mol. The summed E-state index contributed by atoms with van der Waals surface area (Å²) in [7, 11) is 0. The van der Waals surface area contributed by atoms with Crippen molar-refractivity contribution < 1.29 is 4.42 Å². The van der Waals surface area contributed by atoms with Crippen LogP contribution < -0.4 is 5.32 Å². The van der Waals surface area contributed by atoms with Crippen molar-refractivity contribution in [2.45, 2.75) is 32.7 Å². The van der Waals surface area contributed by atoms with Crippen molar-refractivity contribution in [3.8, 4) is 0 Å². The highest BCUT2D eigenvalue weighted by atomic mass is 79.9. The minimum Gasteiger partial charge on any atom is -0.425 e. The Hall–Kier alpha value is -1.20. The predicted octanol–water partition coefficient (Wildman–Crippen LogP) is 2.96. The highest BCUT2D eigenvalue weighted by Crippen LogP contribution is 2.13. The normalized spacial score (nSPS) is 11.2. The molecular formula is C14H18BrN3O. The van der Waals surface area contributed by atoms with Gasteiger partial charge < -0.3 is 9.73 Å². The van der Waals surface area contributed by atoms with Crippen LogP contribution in [-0.2, 0) is 12.8 Å². The Kier molecular flexibility index (Phi) is 5.10. The first-order valence-electron chi connectivity index (χ1n) is 6.42. The fraction of sp³-hybridized carbons (Fsp3) is 0.429. The first-order valence-corrected chi connectivity index (χ1v) is 7.22. The number of hydrogen-bond acceptors (Lipinski definition) is 4. The van der Waals surface area contributed by atoms with E-state index in [-0.39, 0.29) is 0 Å². The van der Waals surface area contributed by atoms with Crippen molar-refractivity contribution >= 4 is 15.9 Å². The van der Waals surface area contributed by atoms with Crippen molar-refractivity contribution in [1.29, 1.82) is 0 Å². The third-order valence-corrected chi connectivity index (χ3v) is 3.20. The van der Waals surface area contributed by atoms with E-state index in [9.17, 15) is 0 Å². The zero-order valence-corrected chi connectivity index (χ0v) is 12.8. The first kappa shape index (κ1) is 14.2. The number of aromatic nitrogens is 2. The van der Waals surface area contributed by atoms with Gasteiger partial charge in [-0.2, -0.15) is 0 Å². The summed E-state index contributed by atoms with van der Waals surface area (Å²) in [6.07, 6.45) is 1.45. The standard InChI is InChI=1S/C14H18BrN3O/c1-10(2)16-8-7-13-17-18-14(19-13)9-11-3-5-12(15)6-4-11/h3-6,10,16H,7-9H2,1-2H3. The maximum absolute atomic E-state index is 5.63. The second-order valence-electron chi connectivity index (χ2n) is 4.75. The molecule has 0 atom stereocenters. The van der Waals surface area contributed by atoms with E-state index in [0.717, 1.165) is 17.4 Å². The van der Waals surface area contributed by atoms with Gasteiger partial charge in [0.1, 0.15) is 0 Å². The molecule has 0 saturated heterocycles. The Bertz CT molecular complexity index is 508. The predicted molar refractivity (Wildman–Crippen MR) is 78.1 cm³/mol. The maximum atomic E-state index is 5.63. The molecule has 0 saturated carbocycles. The molecule has 0 aliphatic heterocycles. The van der Waals surface area contributed by atoms with Crippen LogP contribution in [0, 0.1) is 0 Å². The van der Waals surface area contributed by atoms with E-state index in [1.165, 1.54) is 5.56 Å². The van der Waals surface area contributed by atoms with E-state index in [2.05, 4.69) is 45.3 Å². The molecule has 1 aromatic carbocycles. The molecule has 0 aliphatic carbocycles. The molecule has 0 radical (unpaired) electrons. The Morgan fingerprint density at radius 2 is 1.84 bits per heavy atom. The Morgan fingerprint density at radius 3 is 2.53 bits per heavy atom. The fourth-order valence-corrected chi connectivity index (χ4v) is 1.97. The van der Waals surface area contributed by atoms with Gasteiger partial charge in [0.25, 0.3) is 0 Å². The lowest BCUT2D eigenvalue weighted by atomic mass is 10.1. The summed E-state index contributed by atoms with van der Waals surface area (Å²) in [5, 5.41) is 11.5. The molecule has 19 heavy (non-hydrogen) atoms. The summed E-state index contributed by atoms with van der Waals surface area (Å²) >= 11 is 3.42. The molecule has 0 amide bonds. The fourth-order valence-electron chi connectivity index (χ4n) is 1.71. The SMILES string of the molecule is CC(C)NCCc1nnc(Cc2ccc(Br)cc2)o1. The Morgan fingerprint density at radius 1 is 1.16 bits per heavy atom. The molecule has 4 nitrogen and oxygen atoms in total. The van der Waals surface area contributed by atoms with Crippen LogP contribution in [0.5, 0.6) is 0 Å². The minimum absolute atomic E-state index is 0.477. The largest absolute Gasteiger partial charge is 0.425 e. The topological polar surface area (TPSA) is 51.0 Å². The van der Waals surface area contributed by atoms with Gasteiger partial charge in [0.2, 0.25) is 11.8 Å². The smallest absolute Gasteiger partial charge is 0.220 e. The van der Waals surface area contributed by atoms with Gasteiger partial charge in [0, 0.05) is 23.5 Å². The van der Waals surface area contributed by atoms with E-state index < -0.39 is 0 Å². The Labute approximate surface area is 121 Å². The van der Waals surface area contributed by atoms with Gasteiger partial charge in [0.15, 0.2) is 0 Å². The Balaban J connectivity index is 1.88. The third kappa shape index (κ3) is 4.76. The molecule has 0 spiro atoms. The van der Waals surface area contributed by atoms with Gasteiger partial charge in [-0.1, -0.05) is 41.9 Å². The van der Waals surface area contributed by atoms with Crippen LogP contribution in [0.25, 0.3) is 0 Å². The molecule has 0 unspecified atom stereocenters. The van der Waals surface area contributed by atoms with E-state index in [1.54, 1.807) is 0 Å². The van der Waals surface area contributed by atoms with Crippen molar-refractivity contribution in [2.75, 3.05) is 6.54 Å². The third-order valence-electron chi connectivity index (χ3n) is 2.67. The van der Waals surface area contributed by atoms with Gasteiger partial charge in [-0.15, -0.1) is 10.2 Å². The molecule has 2 rings (SSSR count). The van der Waals surface area contributed by atoms with Gasteiger partial charge in [0.05, 0.1) is 6.42 Å². The van der Waals surface area contributed by atoms with Crippen molar-refractivity contribution in [3.63, 3.8) is 0 Å². The number of nitrogens with zero attached hydrogens (tertiary/aromatic N) is 2. The molecular weight excluding hydrogens is 306 g/mol. The number of hydrogen-bond donors (Lipinski definition) is 1. The van der Waals surface area contributed by atoms with E-state index >= 15 is 0 Å². The number of rotatable bonds is 6. The number of benzene rings is 1. The minimum atomic E-state index is 0.477. The summed E-state index contributed by atoms with van der Waals surface area (Å²) in [6, 6.07) is 8.60. The highest BCUT2D eigenvalue weighted by molar-refractivity contribution is 9.10. The summed E-state index contributed by atoms with van der Waals surface area (Å²) < 4.78 is 6.70. The first-order chi connectivity index (χ1) is 9.13. The lowest BCUT2D eigenvalue weighted by Gasteiger charge is -2.04. The maximum Gasteiger partial charge on any atom is 0.220 e. The molecule has 5 heteroatoms. The lowest BCUT2D eigenvalue weighted by Crippen LogP contribution is -2.25. The quantitative estimate of drug-likeness (QED) is 0.888. The zero-order chi connectivity index (χ0) is 13.7. The average molecular weight is 324 g/mol. The summed E-state index contributed by atoms with van der Waals surface area (Å²) in [6.45, 7) is 5.09. The van der Waals surface area contributed by atoms with Gasteiger partial charge in [-0.25, -0.2) is 0 Å². The van der Waals surface area contributed by atoms with Crippen LogP contribution in [0.4, 0.5) is 0 Å². The summed E-state index contributed by atoms with van der Waals surface area (Å²) in [5.74, 6) is 1.36. The molecule has 1 aromatic heterocycles. The number of halogens is 1. The van der Waals surface area contributed by atoms with E-state index in [0.29, 0.717) is 24.2 Å². The van der Waals surface area contributed by atoms with E-state index in [4.69, 9.17) is 4.42 Å². The number of nitrogens with one attached hydrogen (secondary N) is 1. The highest BCUT2D eigenvalue weighted by Gasteiger charge is 2.07. The van der Waals surface area contributed by atoms with Crippen LogP contribution in [0.2, 0.25) is 0 Å². The van der Waals surface area contributed by atoms with E-state index in [1.807, 2.05) is 24.3 Å². The van der Waals surface area contributed by atoms with Gasteiger partial charge in [-0.3, -0.25) is 0 Å². The molecule has 1 heterocycles. The van der Waals surface area contributed by atoms with Crippen molar-refractivity contribution in [1.82, 2.24) is 15.5 Å². The van der Waals surface area contributed by atoms with Crippen LogP contribution in [0.15, 0.2) is 33.2 Å². The second kappa shape index (κ2) is 6.82. The molecule has 1 N–H and O–H groups in total. The zero-order valence-electron chi connectivity index (χ0n) is 11.2. The van der Waals surface area contributed by atoms with Crippen molar-refractivity contribution in [2.24, 2.45) is 0 Å². The molecule has 2 aromatic rings. The van der Waals surface area contributed by atoms with Gasteiger partial charge in [-0.05, 0) is 17.7 Å². The van der Waals surface area contributed by atoms with Gasteiger partial charge >= 0.3 is 0 Å². The van der Waals surface area contributed by atoms with Crippen molar-refractivity contribution in [3.05, 3.63) is 46.1 Å². The second-order valence-corrected chi connectivity index (χ2v) is 5.67. The van der Waals surface area contributed by atoms with Crippen LogP contribution >= 0.6 is 15.9 Å². The molecule has 0 fully saturated rings. The summed E-state index contributed by atoms with van der Waals surface area (Å²) in [5.41, 5.74) is 1.17. The lowest BCUT2D eigenvalue weighted by molar-refractivity contribution is 0.446. The summed E-state index contributed by atoms with van der Waals surface area (Å²) in [4.78, 5) is 0. The molecule has 0 aliphatic rings. The average Bonchev–Trinajstić information content (AvgIpc) is 2.79. The molecule has 0 bridgehead atoms. The van der Waals surface area contributed by atoms with Crippen LogP contribution in [0.3, 0.4) is 0 Å². The van der Waals surface area contributed by atoms with Crippen LogP contribution in [0.1, 0.15) is 31.2 Å². The molecule has 102 valence electrons.